The van der Waals surface area contributed by atoms with Crippen LogP contribution in [0.4, 0.5) is 9.59 Å². The first-order chi connectivity index (χ1) is 3.46. The predicted octanol–water partition coefficient (Wildman–Crippen LogP) is -2.90. The Hall–Kier alpha value is 1.26. The van der Waals surface area contributed by atoms with Gasteiger partial charge in [-0.3, -0.25) is 9.59 Å². The van der Waals surface area contributed by atoms with E-state index in [0.29, 0.717) is 0 Å². The maximum atomic E-state index is 9.09. The van der Waals surface area contributed by atoms with Crippen LogP contribution in [0.2, 0.25) is 0 Å². The molecule has 10 heavy (non-hydrogen) atoms. The quantitative estimate of drug-likeness (QED) is 0.272. The van der Waals surface area contributed by atoms with Crippen molar-refractivity contribution in [3.63, 3.8) is 0 Å². The zero-order valence-corrected chi connectivity index (χ0v) is 12.3. The fraction of sp³-hybridized carbons (Fsp3) is 0. The van der Waals surface area contributed by atoms with E-state index >= 15 is 0 Å². The van der Waals surface area contributed by atoms with E-state index in [9.17, 15) is 0 Å². The van der Waals surface area contributed by atoms with Crippen LogP contribution in [0.5, 0.6) is 0 Å². The van der Waals surface area contributed by atoms with E-state index in [2.05, 4.69) is 36.7 Å². The molecule has 0 unspecified atom stereocenters. The van der Waals surface area contributed by atoms with Crippen molar-refractivity contribution < 1.29 is 60.1 Å². The van der Waals surface area contributed by atoms with E-state index in [1.807, 2.05) is 0 Å². The van der Waals surface area contributed by atoms with Gasteiger partial charge in [0.1, 0.15) is 0 Å². The first-order valence-electron chi connectivity index (χ1n) is 1.43. The Bertz CT molecular complexity index is 88.1. The molecule has 0 spiro atoms. The van der Waals surface area contributed by atoms with Gasteiger partial charge in [0.25, 0.3) is 10.5 Å². The molecule has 0 radical (unpaired) electrons. The normalized spacial score (nSPS) is 5.00. The first-order valence-corrected chi connectivity index (χ1v) is 2.33. The van der Waals surface area contributed by atoms with E-state index in [4.69, 9.17) is 9.59 Å². The molecular weight excluding hydrogens is 237 g/mol. The maximum absolute atomic E-state index is 9.09. The van der Waals surface area contributed by atoms with E-state index in [1.54, 1.807) is 0 Å². The molecule has 0 bridgehead atoms. The molecule has 0 saturated heterocycles. The van der Waals surface area contributed by atoms with E-state index in [1.165, 1.54) is 0 Å². The maximum Gasteiger partial charge on any atom is 1.00 e. The molecule has 8 heteroatoms. The van der Waals surface area contributed by atoms with Crippen LogP contribution in [0.3, 0.4) is 0 Å². The summed E-state index contributed by atoms with van der Waals surface area (Å²) in [6.45, 7) is 0. The number of amides is 2. The second-order valence-corrected chi connectivity index (χ2v) is 1.56. The molecule has 0 aromatic heterocycles. The summed E-state index contributed by atoms with van der Waals surface area (Å²) in [5.74, 6) is 0. The van der Waals surface area contributed by atoms with Crippen molar-refractivity contribution in [1.29, 1.82) is 0 Å². The molecule has 0 aromatic rings. The van der Waals surface area contributed by atoms with Gasteiger partial charge in [0.05, 0.1) is 0 Å². The third-order valence-electron chi connectivity index (χ3n) is 0. The van der Waals surface area contributed by atoms with E-state index in [0.717, 1.165) is 0 Å². The van der Waals surface area contributed by atoms with Gasteiger partial charge in [-0.1, -0.05) is 25.3 Å². The minimum absolute atomic E-state index is 0. The second kappa shape index (κ2) is 16.7. The number of primary amides is 2. The van der Waals surface area contributed by atoms with Gasteiger partial charge < -0.3 is 12.9 Å². The number of carbonyl (C=O) groups is 2. The van der Waals surface area contributed by atoms with Crippen molar-refractivity contribution in [2.45, 2.75) is 0 Å². The Kier molecular flexibility index (Phi) is 37.5. The molecule has 0 heterocycles. The molecule has 2 amide bonds. The topological polar surface area (TPSA) is 86.2 Å². The van der Waals surface area contributed by atoms with E-state index < -0.39 is 10.5 Å². The van der Waals surface area contributed by atoms with Crippen LogP contribution in [0.25, 0.3) is 0 Å². The molecule has 52 valence electrons. The molecule has 0 aliphatic heterocycles. The average molecular weight is 244 g/mol. The standard InChI is InChI=1S/2CH3NOS.Na.Zn.H/c2*2-1(3)4;;;/h2*(H3,2,3,4);;;/q;;+1;;-1. The van der Waals surface area contributed by atoms with Crippen LogP contribution in [-0.4, -0.2) is 10.5 Å². The Morgan fingerprint density at radius 2 is 1.10 bits per heavy atom. The molecule has 4 nitrogen and oxygen atoms in total. The van der Waals surface area contributed by atoms with Crippen LogP contribution in [0.1, 0.15) is 1.43 Å². The van der Waals surface area contributed by atoms with Gasteiger partial charge in [-0.15, -0.1) is 0 Å². The molecule has 0 aliphatic carbocycles. The van der Waals surface area contributed by atoms with Crippen molar-refractivity contribution >= 4 is 35.7 Å². The summed E-state index contributed by atoms with van der Waals surface area (Å²) in [4.78, 5) is 18.2. The summed E-state index contributed by atoms with van der Waals surface area (Å²) in [5.41, 5.74) is 8.67. The van der Waals surface area contributed by atoms with Gasteiger partial charge in [0.15, 0.2) is 0 Å². The molecule has 0 aromatic carbocycles. The number of rotatable bonds is 0. The molecule has 0 saturated carbocycles. The molecule has 0 aliphatic rings. The third kappa shape index (κ3) is 396. The first kappa shape index (κ1) is 22.5. The average Bonchev–Trinajstić information content (AvgIpc) is 1.25. The Morgan fingerprint density at radius 1 is 1.10 bits per heavy atom. The van der Waals surface area contributed by atoms with Crippen LogP contribution in [0.15, 0.2) is 0 Å². The molecule has 0 rings (SSSR count). The van der Waals surface area contributed by atoms with Crippen LogP contribution in [-0.2, 0) is 19.5 Å². The number of hydrogen-bond donors (Lipinski definition) is 4. The molecule has 0 fully saturated rings. The number of hydrogen-bond acceptors (Lipinski definition) is 2. The van der Waals surface area contributed by atoms with Crippen LogP contribution < -0.4 is 41.0 Å². The summed E-state index contributed by atoms with van der Waals surface area (Å²) >= 11 is 6.21. The number of nitrogens with two attached hydrogens (primary N) is 2. The zero-order chi connectivity index (χ0) is 7.15. The Balaban J connectivity index is -0.0000000171. The van der Waals surface area contributed by atoms with Crippen molar-refractivity contribution in [2.24, 2.45) is 11.5 Å². The minimum Gasteiger partial charge on any atom is -1.00 e. The molecule has 0 atom stereocenters. The minimum atomic E-state index is -0.639. The SMILES string of the molecule is NC(=O)S.NC(=O)S.[H-].[Na+].[Zn]. The van der Waals surface area contributed by atoms with Crippen LogP contribution >= 0.6 is 25.3 Å². The largest absolute Gasteiger partial charge is 1.00 e. The monoisotopic (exact) mass is 242 g/mol. The van der Waals surface area contributed by atoms with Crippen molar-refractivity contribution in [3.8, 4) is 0 Å². The van der Waals surface area contributed by atoms with Gasteiger partial charge in [0, 0.05) is 19.5 Å². The zero-order valence-electron chi connectivity index (χ0n) is 6.57. The van der Waals surface area contributed by atoms with Gasteiger partial charge in [0.2, 0.25) is 0 Å². The summed E-state index contributed by atoms with van der Waals surface area (Å²) in [6.07, 6.45) is 0. The predicted molar refractivity (Wildman–Crippen MR) is 38.3 cm³/mol. The second-order valence-electron chi connectivity index (χ2n) is 0.676. The molecular formula is C2H7N2NaO2S2Zn. The third-order valence-corrected chi connectivity index (χ3v) is 0. The van der Waals surface area contributed by atoms with Crippen LogP contribution in [0, 0.1) is 0 Å². The summed E-state index contributed by atoms with van der Waals surface area (Å²) in [7, 11) is 0. The Labute approximate surface area is 106 Å². The van der Waals surface area contributed by atoms with Crippen molar-refractivity contribution in [3.05, 3.63) is 0 Å². The Morgan fingerprint density at radius 3 is 1.10 bits per heavy atom. The number of carbonyl (C=O) groups excluding carboxylic acids is 2. The van der Waals surface area contributed by atoms with Gasteiger partial charge in [-0.2, -0.15) is 0 Å². The van der Waals surface area contributed by atoms with Gasteiger partial charge >= 0.3 is 29.6 Å². The summed E-state index contributed by atoms with van der Waals surface area (Å²) < 4.78 is 0. The fourth-order valence-electron chi connectivity index (χ4n) is 0. The number of thiol groups is 2. The van der Waals surface area contributed by atoms with Crippen molar-refractivity contribution in [1.82, 2.24) is 0 Å². The van der Waals surface area contributed by atoms with Gasteiger partial charge in [-0.25, -0.2) is 0 Å². The van der Waals surface area contributed by atoms with E-state index in [-0.39, 0.29) is 50.5 Å². The summed E-state index contributed by atoms with van der Waals surface area (Å²) in [5, 5.41) is -1.28. The summed E-state index contributed by atoms with van der Waals surface area (Å²) in [6, 6.07) is 0. The van der Waals surface area contributed by atoms with Crippen molar-refractivity contribution in [2.75, 3.05) is 0 Å². The molecule has 4 N–H and O–H groups in total. The van der Waals surface area contributed by atoms with Gasteiger partial charge in [-0.05, 0) is 0 Å². The smallest absolute Gasteiger partial charge is 1.00 e. The fourth-order valence-corrected chi connectivity index (χ4v) is 0.